The highest BCUT2D eigenvalue weighted by Gasteiger charge is 2.31. The van der Waals surface area contributed by atoms with Crippen LogP contribution in [-0.4, -0.2) is 36.3 Å². The van der Waals surface area contributed by atoms with Crippen LogP contribution in [0, 0.1) is 5.82 Å². The molecule has 4 nitrogen and oxygen atoms in total. The van der Waals surface area contributed by atoms with Crippen molar-refractivity contribution < 1.29 is 9.13 Å². The minimum atomic E-state index is -0.438. The van der Waals surface area contributed by atoms with Gasteiger partial charge >= 0.3 is 0 Å². The van der Waals surface area contributed by atoms with Gasteiger partial charge in [0.25, 0.3) is 0 Å². The summed E-state index contributed by atoms with van der Waals surface area (Å²) in [7, 11) is 1.62. The van der Waals surface area contributed by atoms with E-state index in [9.17, 15) is 4.39 Å². The van der Waals surface area contributed by atoms with E-state index in [0.717, 1.165) is 19.0 Å². The third-order valence-corrected chi connectivity index (χ3v) is 2.67. The molecular formula is C10H13ClFN3O. The van der Waals surface area contributed by atoms with Gasteiger partial charge in [-0.05, 0) is 24.4 Å². The highest BCUT2D eigenvalue weighted by Crippen LogP contribution is 2.31. The molecule has 0 aromatic carbocycles. The monoisotopic (exact) mass is 245 g/mol. The molecule has 1 aromatic rings. The second-order valence-electron chi connectivity index (χ2n) is 3.73. The van der Waals surface area contributed by atoms with Gasteiger partial charge < -0.3 is 9.64 Å². The summed E-state index contributed by atoms with van der Waals surface area (Å²) in [6.07, 6.45) is 3.22. The number of ether oxygens (including phenoxy) is 1. The molecule has 1 aromatic heterocycles. The molecule has 0 atom stereocenters. The number of halogens is 2. The Bertz CT molecular complexity index is 373. The summed E-state index contributed by atoms with van der Waals surface area (Å²) in [4.78, 5) is 9.44. The van der Waals surface area contributed by atoms with Gasteiger partial charge in [-0.2, -0.15) is 4.98 Å². The highest BCUT2D eigenvalue weighted by atomic mass is 35.5. The van der Waals surface area contributed by atoms with E-state index in [1.54, 1.807) is 7.11 Å². The quantitative estimate of drug-likeness (QED) is 0.743. The third-order valence-electron chi connectivity index (χ3n) is 2.49. The summed E-state index contributed by atoms with van der Waals surface area (Å²) in [5.41, 5.74) is 0. The van der Waals surface area contributed by atoms with E-state index >= 15 is 0 Å². The first kappa shape index (κ1) is 11.5. The van der Waals surface area contributed by atoms with E-state index in [1.165, 1.54) is 0 Å². The summed E-state index contributed by atoms with van der Waals surface area (Å²) >= 11 is 5.67. The fourth-order valence-electron chi connectivity index (χ4n) is 1.58. The molecule has 0 radical (unpaired) electrons. The van der Waals surface area contributed by atoms with Gasteiger partial charge in [-0.1, -0.05) is 0 Å². The van der Waals surface area contributed by atoms with Crippen molar-refractivity contribution >= 4 is 17.4 Å². The number of anilines is 1. The van der Waals surface area contributed by atoms with Crippen molar-refractivity contribution in [2.75, 3.05) is 25.2 Å². The summed E-state index contributed by atoms with van der Waals surface area (Å²) in [6, 6.07) is 0.357. The van der Waals surface area contributed by atoms with E-state index in [4.69, 9.17) is 16.3 Å². The Morgan fingerprint density at radius 2 is 2.38 bits per heavy atom. The molecule has 1 saturated carbocycles. The molecule has 88 valence electrons. The molecule has 0 aliphatic heterocycles. The third kappa shape index (κ3) is 2.59. The van der Waals surface area contributed by atoms with Crippen molar-refractivity contribution in [1.82, 2.24) is 9.97 Å². The van der Waals surface area contributed by atoms with Gasteiger partial charge in [-0.15, -0.1) is 0 Å². The van der Waals surface area contributed by atoms with E-state index in [0.29, 0.717) is 19.2 Å². The van der Waals surface area contributed by atoms with E-state index in [1.807, 2.05) is 4.90 Å². The zero-order valence-electron chi connectivity index (χ0n) is 8.99. The molecule has 2 rings (SSSR count). The maximum Gasteiger partial charge on any atom is 0.224 e. The fourth-order valence-corrected chi connectivity index (χ4v) is 1.70. The normalized spacial score (nSPS) is 15.2. The largest absolute Gasteiger partial charge is 0.383 e. The van der Waals surface area contributed by atoms with Crippen molar-refractivity contribution in [3.05, 3.63) is 17.3 Å². The van der Waals surface area contributed by atoms with Gasteiger partial charge in [-0.25, -0.2) is 9.37 Å². The summed E-state index contributed by atoms with van der Waals surface area (Å²) in [5.74, 6) is -0.160. The number of nitrogens with zero attached hydrogens (tertiary/aromatic N) is 3. The minimum Gasteiger partial charge on any atom is -0.383 e. The number of aromatic nitrogens is 2. The Morgan fingerprint density at radius 1 is 1.62 bits per heavy atom. The highest BCUT2D eigenvalue weighted by molar-refractivity contribution is 6.28. The lowest BCUT2D eigenvalue weighted by Crippen LogP contribution is -2.31. The number of methoxy groups -OCH3 is 1. The van der Waals surface area contributed by atoms with E-state index in [-0.39, 0.29) is 11.1 Å². The molecule has 0 unspecified atom stereocenters. The van der Waals surface area contributed by atoms with E-state index in [2.05, 4.69) is 9.97 Å². The first-order valence-electron chi connectivity index (χ1n) is 5.16. The molecule has 16 heavy (non-hydrogen) atoms. The van der Waals surface area contributed by atoms with Crippen molar-refractivity contribution in [3.63, 3.8) is 0 Å². The van der Waals surface area contributed by atoms with Crippen LogP contribution in [0.15, 0.2) is 6.20 Å². The van der Waals surface area contributed by atoms with Gasteiger partial charge in [0.2, 0.25) is 5.28 Å². The van der Waals surface area contributed by atoms with Gasteiger partial charge in [0.1, 0.15) is 0 Å². The van der Waals surface area contributed by atoms with Crippen LogP contribution < -0.4 is 4.90 Å². The van der Waals surface area contributed by atoms with Gasteiger partial charge in [0.05, 0.1) is 12.8 Å². The standard InChI is InChI=1S/C10H13ClFN3O/c1-16-5-4-15(7-2-3-7)9-8(12)6-13-10(11)14-9/h6-7H,2-5H2,1H3. The van der Waals surface area contributed by atoms with Gasteiger partial charge in [0, 0.05) is 19.7 Å². The molecule has 1 fully saturated rings. The zero-order chi connectivity index (χ0) is 11.5. The van der Waals surface area contributed by atoms with Crippen LogP contribution in [0.5, 0.6) is 0 Å². The first-order chi connectivity index (χ1) is 7.72. The Morgan fingerprint density at radius 3 is 3.00 bits per heavy atom. The summed E-state index contributed by atoms with van der Waals surface area (Å²) in [6.45, 7) is 1.16. The average molecular weight is 246 g/mol. The number of rotatable bonds is 5. The Balaban J connectivity index is 2.19. The number of hydrogen-bond donors (Lipinski definition) is 0. The second kappa shape index (κ2) is 4.93. The summed E-state index contributed by atoms with van der Waals surface area (Å²) in [5, 5.41) is 0.0690. The lowest BCUT2D eigenvalue weighted by atomic mass is 10.4. The molecule has 0 saturated heterocycles. The van der Waals surface area contributed by atoms with Crippen molar-refractivity contribution in [3.8, 4) is 0 Å². The molecule has 0 amide bonds. The van der Waals surface area contributed by atoms with Crippen molar-refractivity contribution in [2.45, 2.75) is 18.9 Å². The minimum absolute atomic E-state index is 0.0690. The average Bonchev–Trinajstić information content (AvgIpc) is 3.08. The van der Waals surface area contributed by atoms with E-state index < -0.39 is 5.82 Å². The molecule has 1 heterocycles. The molecule has 6 heteroatoms. The van der Waals surface area contributed by atoms with Crippen LogP contribution in [0.4, 0.5) is 10.2 Å². The van der Waals surface area contributed by atoms with Crippen LogP contribution in [0.25, 0.3) is 0 Å². The van der Waals surface area contributed by atoms with Gasteiger partial charge in [0.15, 0.2) is 11.6 Å². The summed E-state index contributed by atoms with van der Waals surface area (Å²) < 4.78 is 18.6. The Kier molecular flexibility index (Phi) is 3.56. The Hall–Kier alpha value is -0.940. The van der Waals surface area contributed by atoms with Crippen LogP contribution in [0.3, 0.4) is 0 Å². The first-order valence-corrected chi connectivity index (χ1v) is 5.54. The zero-order valence-corrected chi connectivity index (χ0v) is 9.74. The lowest BCUT2D eigenvalue weighted by Gasteiger charge is -2.23. The predicted molar refractivity (Wildman–Crippen MR) is 59.2 cm³/mol. The van der Waals surface area contributed by atoms with Crippen LogP contribution in [0.2, 0.25) is 5.28 Å². The molecule has 0 spiro atoms. The SMILES string of the molecule is COCCN(c1nc(Cl)ncc1F)C1CC1. The number of hydrogen-bond acceptors (Lipinski definition) is 4. The molecule has 1 aliphatic carbocycles. The van der Waals surface area contributed by atoms with Crippen LogP contribution in [0.1, 0.15) is 12.8 Å². The maximum atomic E-state index is 13.6. The Labute approximate surface area is 98.4 Å². The van der Waals surface area contributed by atoms with Crippen LogP contribution >= 0.6 is 11.6 Å². The molecule has 0 bridgehead atoms. The van der Waals surface area contributed by atoms with Crippen LogP contribution in [-0.2, 0) is 4.74 Å². The molecule has 1 aliphatic rings. The second-order valence-corrected chi connectivity index (χ2v) is 4.07. The topological polar surface area (TPSA) is 38.2 Å². The fraction of sp³-hybridized carbons (Fsp3) is 0.600. The lowest BCUT2D eigenvalue weighted by molar-refractivity contribution is 0.204. The predicted octanol–water partition coefficient (Wildman–Crippen LogP) is 1.88. The van der Waals surface area contributed by atoms with Crippen molar-refractivity contribution in [2.24, 2.45) is 0 Å². The molecular weight excluding hydrogens is 233 g/mol. The van der Waals surface area contributed by atoms with Crippen molar-refractivity contribution in [1.29, 1.82) is 0 Å². The van der Waals surface area contributed by atoms with Gasteiger partial charge in [-0.3, -0.25) is 0 Å². The smallest absolute Gasteiger partial charge is 0.224 e. The molecule has 0 N–H and O–H groups in total. The maximum absolute atomic E-state index is 13.6.